The number of aromatic nitrogens is 2. The zero-order valence-electron chi connectivity index (χ0n) is 10.8. The highest BCUT2D eigenvalue weighted by atomic mass is 32.2. The molecule has 0 bridgehead atoms. The summed E-state index contributed by atoms with van der Waals surface area (Å²) in [5, 5.41) is 6.24. The van der Waals surface area contributed by atoms with Crippen molar-refractivity contribution in [3.8, 4) is 0 Å². The summed E-state index contributed by atoms with van der Waals surface area (Å²) in [4.78, 5) is 0. The Kier molecular flexibility index (Phi) is 4.92. The standard InChI is InChI=1S/C11H20N4O3S/c12-7-9-8-13-15-11(9)19(16,17)14-5-4-10-3-1-2-6-18-10/h8,10,14H,1-7,12H2,(H,13,15). The molecule has 0 aliphatic carbocycles. The van der Waals surface area contributed by atoms with Crippen molar-refractivity contribution in [1.82, 2.24) is 14.9 Å². The predicted octanol–water partition coefficient (Wildman–Crippen LogP) is 0.106. The molecule has 19 heavy (non-hydrogen) atoms. The SMILES string of the molecule is NCc1cn[nH]c1S(=O)(=O)NCCC1CCCCO1. The number of hydrogen-bond donors (Lipinski definition) is 3. The Morgan fingerprint density at radius 3 is 3.05 bits per heavy atom. The summed E-state index contributed by atoms with van der Waals surface area (Å²) in [5.41, 5.74) is 5.95. The van der Waals surface area contributed by atoms with Crippen LogP contribution in [0.25, 0.3) is 0 Å². The topological polar surface area (TPSA) is 110 Å². The largest absolute Gasteiger partial charge is 0.378 e. The Balaban J connectivity index is 1.87. The van der Waals surface area contributed by atoms with Gasteiger partial charge in [-0.05, 0) is 25.7 Å². The summed E-state index contributed by atoms with van der Waals surface area (Å²) < 4.78 is 32.2. The van der Waals surface area contributed by atoms with Gasteiger partial charge in [0.15, 0.2) is 5.03 Å². The summed E-state index contributed by atoms with van der Waals surface area (Å²) in [7, 11) is -3.56. The van der Waals surface area contributed by atoms with Crippen LogP contribution in [0.1, 0.15) is 31.2 Å². The fraction of sp³-hybridized carbons (Fsp3) is 0.727. The van der Waals surface area contributed by atoms with E-state index in [1.165, 1.54) is 6.20 Å². The van der Waals surface area contributed by atoms with E-state index in [0.29, 0.717) is 18.5 Å². The van der Waals surface area contributed by atoms with E-state index < -0.39 is 10.0 Å². The fourth-order valence-corrected chi connectivity index (χ4v) is 3.32. The number of sulfonamides is 1. The molecule has 1 aliphatic heterocycles. The van der Waals surface area contributed by atoms with Gasteiger partial charge in [0.1, 0.15) is 0 Å². The Labute approximate surface area is 113 Å². The molecule has 1 aromatic rings. The third-order valence-corrected chi connectivity index (χ3v) is 4.67. The second-order valence-electron chi connectivity index (χ2n) is 4.60. The summed E-state index contributed by atoms with van der Waals surface area (Å²) in [5.74, 6) is 0. The van der Waals surface area contributed by atoms with E-state index >= 15 is 0 Å². The van der Waals surface area contributed by atoms with Gasteiger partial charge in [0.05, 0.1) is 12.3 Å². The Bertz CT molecular complexity index is 494. The molecular formula is C11H20N4O3S. The third kappa shape index (κ3) is 3.75. The lowest BCUT2D eigenvalue weighted by atomic mass is 10.1. The average Bonchev–Trinajstić information content (AvgIpc) is 2.89. The second-order valence-corrected chi connectivity index (χ2v) is 6.31. The molecule has 0 aromatic carbocycles. The molecule has 1 fully saturated rings. The normalized spacial score (nSPS) is 20.6. The van der Waals surface area contributed by atoms with Crippen molar-refractivity contribution in [3.63, 3.8) is 0 Å². The minimum absolute atomic E-state index is 0.0552. The van der Waals surface area contributed by atoms with E-state index in [1.54, 1.807) is 0 Å². The van der Waals surface area contributed by atoms with Crippen LogP contribution in [0.2, 0.25) is 0 Å². The van der Waals surface area contributed by atoms with E-state index in [1.807, 2.05) is 0 Å². The number of hydrogen-bond acceptors (Lipinski definition) is 5. The van der Waals surface area contributed by atoms with Crippen LogP contribution >= 0.6 is 0 Å². The van der Waals surface area contributed by atoms with Crippen LogP contribution < -0.4 is 10.5 Å². The zero-order valence-corrected chi connectivity index (χ0v) is 11.6. The molecule has 1 saturated heterocycles. The van der Waals surface area contributed by atoms with E-state index in [4.69, 9.17) is 10.5 Å². The molecule has 1 aromatic heterocycles. The molecule has 0 amide bonds. The number of nitrogens with two attached hydrogens (primary N) is 1. The summed E-state index contributed by atoms with van der Waals surface area (Å²) in [6.45, 7) is 1.27. The van der Waals surface area contributed by atoms with Crippen LogP contribution in [-0.2, 0) is 21.3 Å². The van der Waals surface area contributed by atoms with Crippen molar-refractivity contribution in [3.05, 3.63) is 11.8 Å². The summed E-state index contributed by atoms with van der Waals surface area (Å²) in [6, 6.07) is 0. The lowest BCUT2D eigenvalue weighted by Gasteiger charge is -2.22. The second kappa shape index (κ2) is 6.47. The van der Waals surface area contributed by atoms with Gasteiger partial charge in [-0.3, -0.25) is 5.10 Å². The molecular weight excluding hydrogens is 268 g/mol. The van der Waals surface area contributed by atoms with Gasteiger partial charge in [-0.15, -0.1) is 0 Å². The highest BCUT2D eigenvalue weighted by molar-refractivity contribution is 7.89. The van der Waals surface area contributed by atoms with Gasteiger partial charge in [0.25, 0.3) is 10.0 Å². The summed E-state index contributed by atoms with van der Waals surface area (Å²) >= 11 is 0. The van der Waals surface area contributed by atoms with Crippen LogP contribution in [0.3, 0.4) is 0 Å². The van der Waals surface area contributed by atoms with E-state index in [-0.39, 0.29) is 17.7 Å². The quantitative estimate of drug-likeness (QED) is 0.688. The van der Waals surface area contributed by atoms with Crippen LogP contribution in [0.4, 0.5) is 0 Å². The molecule has 2 rings (SSSR count). The number of H-pyrrole nitrogens is 1. The van der Waals surface area contributed by atoms with Crippen molar-refractivity contribution in [2.75, 3.05) is 13.2 Å². The first-order chi connectivity index (χ1) is 9.13. The number of rotatable bonds is 6. The number of aromatic amines is 1. The smallest absolute Gasteiger partial charge is 0.257 e. The molecule has 108 valence electrons. The molecule has 1 aliphatic rings. The predicted molar refractivity (Wildman–Crippen MR) is 69.9 cm³/mol. The molecule has 1 unspecified atom stereocenters. The molecule has 7 nitrogen and oxygen atoms in total. The number of ether oxygens (including phenoxy) is 1. The van der Waals surface area contributed by atoms with Gasteiger partial charge in [-0.1, -0.05) is 0 Å². The lowest BCUT2D eigenvalue weighted by molar-refractivity contribution is 0.0123. The van der Waals surface area contributed by atoms with Gasteiger partial charge < -0.3 is 10.5 Å². The van der Waals surface area contributed by atoms with Crippen LogP contribution in [0.15, 0.2) is 11.2 Å². The molecule has 1 atom stereocenters. The van der Waals surface area contributed by atoms with Gasteiger partial charge in [0.2, 0.25) is 0 Å². The Morgan fingerprint density at radius 2 is 2.37 bits per heavy atom. The maximum atomic E-state index is 12.0. The minimum Gasteiger partial charge on any atom is -0.378 e. The molecule has 0 spiro atoms. The van der Waals surface area contributed by atoms with Crippen LogP contribution in [0.5, 0.6) is 0 Å². The highest BCUT2D eigenvalue weighted by Crippen LogP contribution is 2.16. The Morgan fingerprint density at radius 1 is 1.53 bits per heavy atom. The highest BCUT2D eigenvalue weighted by Gasteiger charge is 2.21. The first-order valence-electron chi connectivity index (χ1n) is 6.47. The number of nitrogens with one attached hydrogen (secondary N) is 2. The van der Waals surface area contributed by atoms with Crippen molar-refractivity contribution >= 4 is 10.0 Å². The van der Waals surface area contributed by atoms with Crippen molar-refractivity contribution in [1.29, 1.82) is 0 Å². The lowest BCUT2D eigenvalue weighted by Crippen LogP contribution is -2.30. The molecule has 4 N–H and O–H groups in total. The van der Waals surface area contributed by atoms with E-state index in [2.05, 4.69) is 14.9 Å². The monoisotopic (exact) mass is 288 g/mol. The first kappa shape index (κ1) is 14.4. The van der Waals surface area contributed by atoms with Gasteiger partial charge in [-0.2, -0.15) is 5.10 Å². The van der Waals surface area contributed by atoms with Crippen molar-refractivity contribution < 1.29 is 13.2 Å². The molecule has 2 heterocycles. The fourth-order valence-electron chi connectivity index (χ4n) is 2.14. The number of nitrogens with zero attached hydrogens (tertiary/aromatic N) is 1. The minimum atomic E-state index is -3.56. The van der Waals surface area contributed by atoms with E-state index in [0.717, 1.165) is 25.9 Å². The zero-order chi connectivity index (χ0) is 13.7. The molecule has 8 heteroatoms. The van der Waals surface area contributed by atoms with Crippen LogP contribution in [-0.4, -0.2) is 37.9 Å². The Hall–Kier alpha value is -0.960. The third-order valence-electron chi connectivity index (χ3n) is 3.20. The molecule has 0 saturated carbocycles. The van der Waals surface area contributed by atoms with Gasteiger partial charge >= 0.3 is 0 Å². The van der Waals surface area contributed by atoms with Gasteiger partial charge in [0, 0.05) is 25.3 Å². The summed E-state index contributed by atoms with van der Waals surface area (Å²) in [6.07, 6.45) is 5.52. The van der Waals surface area contributed by atoms with Crippen molar-refractivity contribution in [2.45, 2.75) is 43.4 Å². The maximum Gasteiger partial charge on any atom is 0.257 e. The van der Waals surface area contributed by atoms with E-state index in [9.17, 15) is 8.42 Å². The van der Waals surface area contributed by atoms with Gasteiger partial charge in [-0.25, -0.2) is 13.1 Å². The molecule has 0 radical (unpaired) electrons. The average molecular weight is 288 g/mol. The van der Waals surface area contributed by atoms with Crippen LogP contribution in [0, 0.1) is 0 Å². The maximum absolute atomic E-state index is 12.0. The first-order valence-corrected chi connectivity index (χ1v) is 7.95. The van der Waals surface area contributed by atoms with Crippen molar-refractivity contribution in [2.24, 2.45) is 5.73 Å².